The van der Waals surface area contributed by atoms with E-state index in [0.717, 1.165) is 6.42 Å². The van der Waals surface area contributed by atoms with Crippen LogP contribution < -0.4 is 0 Å². The molecule has 0 saturated heterocycles. The Balaban J connectivity index is 1.80. The van der Waals surface area contributed by atoms with Crippen molar-refractivity contribution in [1.82, 2.24) is 0 Å². The molecule has 0 N–H and O–H groups in total. The maximum Gasteiger partial charge on any atom is 0.00216 e. The van der Waals surface area contributed by atoms with E-state index in [-0.39, 0.29) is 0 Å². The first-order chi connectivity index (χ1) is 8.88. The average Bonchev–Trinajstić information content (AvgIpc) is 3.08. The lowest BCUT2D eigenvalue weighted by Gasteiger charge is -2.20. The number of hydrogen-bond donors (Lipinski definition) is 0. The van der Waals surface area contributed by atoms with Gasteiger partial charge in [0.2, 0.25) is 0 Å². The fourth-order valence-electron chi connectivity index (χ4n) is 3.19. The van der Waals surface area contributed by atoms with Crippen molar-refractivity contribution >= 4 is 0 Å². The number of rotatable bonds is 3. The van der Waals surface area contributed by atoms with Gasteiger partial charge in [-0.15, -0.1) is 6.58 Å². The Hall–Kier alpha value is -1.56. The van der Waals surface area contributed by atoms with E-state index in [2.05, 4.69) is 55.2 Å². The normalized spacial score (nSPS) is 30.1. The maximum atomic E-state index is 4.02. The van der Waals surface area contributed by atoms with Crippen molar-refractivity contribution in [1.29, 1.82) is 0 Å². The summed E-state index contributed by atoms with van der Waals surface area (Å²) >= 11 is 0. The molecule has 0 bridgehead atoms. The molecule has 18 heavy (non-hydrogen) atoms. The van der Waals surface area contributed by atoms with E-state index in [4.69, 9.17) is 0 Å². The van der Waals surface area contributed by atoms with Crippen LogP contribution in [0.3, 0.4) is 0 Å². The van der Waals surface area contributed by atoms with Crippen LogP contribution in [0.1, 0.15) is 25.7 Å². The topological polar surface area (TPSA) is 0 Å². The molecule has 0 fully saturated rings. The van der Waals surface area contributed by atoms with E-state index in [9.17, 15) is 0 Å². The monoisotopic (exact) mass is 236 g/mol. The molecule has 0 saturated carbocycles. The summed E-state index contributed by atoms with van der Waals surface area (Å²) in [5, 5.41) is 0. The zero-order valence-corrected chi connectivity index (χ0v) is 10.8. The minimum absolute atomic E-state index is 0.510. The zero-order chi connectivity index (χ0) is 12.4. The highest BCUT2D eigenvalue weighted by Gasteiger charge is 2.29. The van der Waals surface area contributed by atoms with Gasteiger partial charge in [-0.3, -0.25) is 0 Å². The van der Waals surface area contributed by atoms with Crippen LogP contribution in [-0.2, 0) is 0 Å². The van der Waals surface area contributed by atoms with Gasteiger partial charge in [0.25, 0.3) is 0 Å². The van der Waals surface area contributed by atoms with Gasteiger partial charge in [0, 0.05) is 5.92 Å². The van der Waals surface area contributed by atoms with Gasteiger partial charge in [0.1, 0.15) is 0 Å². The minimum Gasteiger partial charge on any atom is -0.102 e. The van der Waals surface area contributed by atoms with Crippen molar-refractivity contribution in [2.75, 3.05) is 0 Å². The third-order valence-corrected chi connectivity index (χ3v) is 4.21. The quantitative estimate of drug-likeness (QED) is 0.611. The summed E-state index contributed by atoms with van der Waals surface area (Å²) in [5.74, 6) is 1.13. The van der Waals surface area contributed by atoms with E-state index in [1.165, 1.54) is 36.0 Å². The molecular weight excluding hydrogens is 216 g/mol. The van der Waals surface area contributed by atoms with Gasteiger partial charge in [-0.25, -0.2) is 0 Å². The molecule has 0 aromatic rings. The van der Waals surface area contributed by atoms with Crippen molar-refractivity contribution in [3.05, 3.63) is 71.9 Å². The van der Waals surface area contributed by atoms with Gasteiger partial charge >= 0.3 is 0 Å². The first-order valence-electron chi connectivity index (χ1n) is 6.94. The smallest absolute Gasteiger partial charge is 0.00216 e. The number of allylic oxidation sites excluding steroid dienone is 11. The second kappa shape index (κ2) is 4.97. The van der Waals surface area contributed by atoms with Crippen molar-refractivity contribution in [2.45, 2.75) is 25.7 Å². The lowest BCUT2D eigenvalue weighted by atomic mass is 9.85. The van der Waals surface area contributed by atoms with Gasteiger partial charge in [-0.1, -0.05) is 48.6 Å². The molecule has 0 radical (unpaired) electrons. The van der Waals surface area contributed by atoms with Crippen LogP contribution in [0.2, 0.25) is 0 Å². The van der Waals surface area contributed by atoms with Crippen molar-refractivity contribution in [3.8, 4) is 0 Å². The molecular formula is C18H20. The molecule has 0 spiro atoms. The Labute approximate surface area is 110 Å². The van der Waals surface area contributed by atoms with Crippen LogP contribution in [0.25, 0.3) is 0 Å². The molecule has 3 aliphatic rings. The molecule has 2 atom stereocenters. The van der Waals surface area contributed by atoms with Crippen molar-refractivity contribution in [3.63, 3.8) is 0 Å². The van der Waals surface area contributed by atoms with E-state index >= 15 is 0 Å². The standard InChI is InChI=1S/C18H20/c1-2-14-12-17(15-8-6-7-9-15)13-18(14)16-10-4-3-5-11-16/h2,4,6-8,10-12,14,18H,1,3,5,9,13H2. The van der Waals surface area contributed by atoms with Crippen LogP contribution in [0.4, 0.5) is 0 Å². The fraction of sp³-hybridized carbons (Fsp3) is 0.333. The second-order valence-corrected chi connectivity index (χ2v) is 5.32. The lowest BCUT2D eigenvalue weighted by molar-refractivity contribution is 0.570. The molecule has 0 aliphatic heterocycles. The Morgan fingerprint density at radius 1 is 1.17 bits per heavy atom. The molecule has 0 heteroatoms. The first kappa shape index (κ1) is 11.5. The van der Waals surface area contributed by atoms with Gasteiger partial charge in [0.15, 0.2) is 0 Å². The molecule has 2 unspecified atom stereocenters. The van der Waals surface area contributed by atoms with Crippen molar-refractivity contribution in [2.24, 2.45) is 11.8 Å². The Bertz CT molecular complexity index is 494. The molecule has 0 aromatic carbocycles. The van der Waals surface area contributed by atoms with Gasteiger partial charge in [0.05, 0.1) is 0 Å². The zero-order valence-electron chi connectivity index (χ0n) is 10.8. The Kier molecular flexibility index (Phi) is 3.19. The summed E-state index contributed by atoms with van der Waals surface area (Å²) in [6.07, 6.45) is 23.0. The number of hydrogen-bond acceptors (Lipinski definition) is 0. The van der Waals surface area contributed by atoms with E-state index in [1.54, 1.807) is 0 Å². The minimum atomic E-state index is 0.510. The van der Waals surface area contributed by atoms with Crippen LogP contribution in [-0.4, -0.2) is 0 Å². The molecule has 92 valence electrons. The Morgan fingerprint density at radius 2 is 2.11 bits per heavy atom. The van der Waals surface area contributed by atoms with E-state index in [0.29, 0.717) is 11.8 Å². The molecule has 0 heterocycles. The van der Waals surface area contributed by atoms with Gasteiger partial charge in [-0.05, 0) is 48.3 Å². The van der Waals surface area contributed by atoms with E-state index in [1.807, 2.05) is 0 Å². The highest BCUT2D eigenvalue weighted by atomic mass is 14.3. The largest absolute Gasteiger partial charge is 0.102 e. The summed E-state index contributed by atoms with van der Waals surface area (Å²) in [7, 11) is 0. The molecule has 3 rings (SSSR count). The summed E-state index contributed by atoms with van der Waals surface area (Å²) in [6.45, 7) is 4.02. The molecule has 3 aliphatic carbocycles. The highest BCUT2D eigenvalue weighted by Crippen LogP contribution is 2.42. The molecule has 0 nitrogen and oxygen atoms in total. The summed E-state index contributed by atoms with van der Waals surface area (Å²) in [5.41, 5.74) is 4.56. The highest BCUT2D eigenvalue weighted by molar-refractivity contribution is 5.45. The summed E-state index contributed by atoms with van der Waals surface area (Å²) in [4.78, 5) is 0. The third kappa shape index (κ3) is 2.08. The third-order valence-electron chi connectivity index (χ3n) is 4.21. The molecule has 0 amide bonds. The second-order valence-electron chi connectivity index (χ2n) is 5.32. The predicted octanol–water partition coefficient (Wildman–Crippen LogP) is 4.90. The van der Waals surface area contributed by atoms with Crippen LogP contribution in [0.5, 0.6) is 0 Å². The van der Waals surface area contributed by atoms with Crippen LogP contribution >= 0.6 is 0 Å². The molecule has 0 aromatic heterocycles. The van der Waals surface area contributed by atoms with Gasteiger partial charge < -0.3 is 0 Å². The van der Waals surface area contributed by atoms with E-state index < -0.39 is 0 Å². The predicted molar refractivity (Wildman–Crippen MR) is 78.2 cm³/mol. The average molecular weight is 236 g/mol. The maximum absolute atomic E-state index is 4.02. The summed E-state index contributed by atoms with van der Waals surface area (Å²) in [6, 6.07) is 0. The lowest BCUT2D eigenvalue weighted by Crippen LogP contribution is -2.09. The SMILES string of the molecule is C=CC1C=C(C2=CC=CC2)CC1C1=CCCC=C1. The Morgan fingerprint density at radius 3 is 2.78 bits per heavy atom. The summed E-state index contributed by atoms with van der Waals surface area (Å²) < 4.78 is 0. The fourth-order valence-corrected chi connectivity index (χ4v) is 3.19. The van der Waals surface area contributed by atoms with Crippen molar-refractivity contribution < 1.29 is 0 Å². The van der Waals surface area contributed by atoms with Gasteiger partial charge in [-0.2, -0.15) is 0 Å². The van der Waals surface area contributed by atoms with Crippen LogP contribution in [0.15, 0.2) is 71.9 Å². The first-order valence-corrected chi connectivity index (χ1v) is 6.94. The van der Waals surface area contributed by atoms with Crippen LogP contribution in [0, 0.1) is 11.8 Å².